The molecule has 0 unspecified atom stereocenters. The quantitative estimate of drug-likeness (QED) is 0.463. The van der Waals surface area contributed by atoms with Crippen molar-refractivity contribution in [1.29, 1.82) is 0 Å². The third kappa shape index (κ3) is 3.59. The smallest absolute Gasteiger partial charge is 0.293 e. The average Bonchev–Trinajstić information content (AvgIpc) is 3.36. The number of sulfonamides is 1. The van der Waals surface area contributed by atoms with E-state index in [2.05, 4.69) is 20.5 Å². The van der Waals surface area contributed by atoms with Gasteiger partial charge in [0.25, 0.3) is 11.5 Å². The fourth-order valence-electron chi connectivity index (χ4n) is 3.64. The first kappa shape index (κ1) is 20.2. The van der Waals surface area contributed by atoms with Gasteiger partial charge in [-0.2, -0.15) is 4.31 Å². The fraction of sp³-hybridized carbons (Fsp3) is 0.389. The number of nitro benzene ring substituents is 1. The predicted octanol–water partition coefficient (Wildman–Crippen LogP) is 2.05. The molecule has 0 saturated carbocycles. The predicted molar refractivity (Wildman–Crippen MR) is 109 cm³/mol. The van der Waals surface area contributed by atoms with Crippen molar-refractivity contribution in [3.05, 3.63) is 51.6 Å². The Labute approximate surface area is 173 Å². The largest absolute Gasteiger partial charge is 0.372 e. The van der Waals surface area contributed by atoms with Gasteiger partial charge in [-0.25, -0.2) is 13.4 Å². The number of nitrogens with one attached hydrogen (secondary N) is 1. The minimum atomic E-state index is -3.74. The highest BCUT2D eigenvalue weighted by Gasteiger charge is 2.29. The summed E-state index contributed by atoms with van der Waals surface area (Å²) in [6.07, 6.45) is 1.59. The van der Waals surface area contributed by atoms with Crippen LogP contribution in [0.5, 0.6) is 0 Å². The van der Waals surface area contributed by atoms with Crippen LogP contribution in [-0.4, -0.2) is 50.3 Å². The molecule has 1 fully saturated rings. The lowest BCUT2D eigenvalue weighted by Crippen LogP contribution is -2.27. The van der Waals surface area contributed by atoms with E-state index in [1.54, 1.807) is 4.40 Å². The van der Waals surface area contributed by atoms with Crippen LogP contribution >= 0.6 is 0 Å². The van der Waals surface area contributed by atoms with Gasteiger partial charge in [0.15, 0.2) is 5.82 Å². The lowest BCUT2D eigenvalue weighted by Gasteiger charge is -2.16. The van der Waals surface area contributed by atoms with Gasteiger partial charge in [-0.1, -0.05) is 0 Å². The zero-order valence-electron chi connectivity index (χ0n) is 16.6. The van der Waals surface area contributed by atoms with Crippen molar-refractivity contribution in [2.75, 3.05) is 18.4 Å². The van der Waals surface area contributed by atoms with E-state index in [4.69, 9.17) is 0 Å². The topological polar surface area (TPSA) is 136 Å². The SMILES string of the molecule is Cc1cc(C)n2c(CNc3ccc(S(=O)(=O)N4CCCC4)cc3[N+](=O)[O-])nnc2n1. The van der Waals surface area contributed by atoms with Gasteiger partial charge in [0, 0.05) is 30.5 Å². The van der Waals surface area contributed by atoms with E-state index in [1.165, 1.54) is 16.4 Å². The number of hydrogen-bond acceptors (Lipinski definition) is 8. The molecule has 3 aromatic rings. The fourth-order valence-corrected chi connectivity index (χ4v) is 5.17. The van der Waals surface area contributed by atoms with Crippen molar-refractivity contribution in [1.82, 2.24) is 23.9 Å². The van der Waals surface area contributed by atoms with Crippen molar-refractivity contribution >= 4 is 27.2 Å². The monoisotopic (exact) mass is 431 g/mol. The van der Waals surface area contributed by atoms with Crippen molar-refractivity contribution in [2.45, 2.75) is 38.1 Å². The van der Waals surface area contributed by atoms with Crippen molar-refractivity contribution in [3.8, 4) is 0 Å². The summed E-state index contributed by atoms with van der Waals surface area (Å²) in [7, 11) is -3.74. The van der Waals surface area contributed by atoms with Crippen molar-refractivity contribution < 1.29 is 13.3 Å². The molecule has 0 amide bonds. The molecule has 0 aliphatic carbocycles. The van der Waals surface area contributed by atoms with Crippen LogP contribution in [0, 0.1) is 24.0 Å². The Hall–Kier alpha value is -3.12. The number of benzene rings is 1. The highest BCUT2D eigenvalue weighted by molar-refractivity contribution is 7.89. The summed E-state index contributed by atoms with van der Waals surface area (Å²) in [5.41, 5.74) is 1.60. The molecule has 1 N–H and O–H groups in total. The third-order valence-electron chi connectivity index (χ3n) is 5.07. The van der Waals surface area contributed by atoms with Crippen molar-refractivity contribution in [2.24, 2.45) is 0 Å². The van der Waals surface area contributed by atoms with Crippen LogP contribution in [0.15, 0.2) is 29.2 Å². The molecular weight excluding hydrogens is 410 g/mol. The van der Waals surface area contributed by atoms with Crippen LogP contribution in [0.25, 0.3) is 5.78 Å². The van der Waals surface area contributed by atoms with Gasteiger partial charge in [0.2, 0.25) is 10.0 Å². The van der Waals surface area contributed by atoms with Gasteiger partial charge < -0.3 is 5.32 Å². The Morgan fingerprint density at radius 3 is 2.60 bits per heavy atom. The maximum absolute atomic E-state index is 12.7. The Balaban J connectivity index is 1.63. The summed E-state index contributed by atoms with van der Waals surface area (Å²) in [6.45, 7) is 4.79. The molecule has 1 aliphatic rings. The standard InChI is InChI=1S/C18H21N7O4S/c1-12-9-13(2)24-17(21-22-18(24)20-12)11-19-15-6-5-14(10-16(15)25(26)27)30(28,29)23-7-3-4-8-23/h5-6,9-10,19H,3-4,7-8,11H2,1-2H3. The first-order chi connectivity index (χ1) is 14.3. The molecule has 1 saturated heterocycles. The summed E-state index contributed by atoms with van der Waals surface area (Å²) in [5, 5.41) is 22.7. The molecule has 0 spiro atoms. The van der Waals surface area contributed by atoms with E-state index in [-0.39, 0.29) is 22.8 Å². The maximum Gasteiger partial charge on any atom is 0.293 e. The number of anilines is 1. The molecule has 11 nitrogen and oxygen atoms in total. The Morgan fingerprint density at radius 2 is 1.90 bits per heavy atom. The summed E-state index contributed by atoms with van der Waals surface area (Å²) >= 11 is 0. The molecule has 1 aliphatic heterocycles. The van der Waals surface area contributed by atoms with Gasteiger partial charge in [0.05, 0.1) is 16.4 Å². The summed E-state index contributed by atoms with van der Waals surface area (Å²) in [4.78, 5) is 15.2. The van der Waals surface area contributed by atoms with Crippen LogP contribution in [0.4, 0.5) is 11.4 Å². The number of fused-ring (bicyclic) bond motifs is 1. The average molecular weight is 431 g/mol. The maximum atomic E-state index is 12.7. The molecule has 3 heterocycles. The van der Waals surface area contributed by atoms with Gasteiger partial charge in [-0.05, 0) is 44.9 Å². The zero-order chi connectivity index (χ0) is 21.5. The van der Waals surface area contributed by atoms with Crippen LogP contribution in [0.1, 0.15) is 30.1 Å². The number of nitro groups is 1. The second kappa shape index (κ2) is 7.61. The second-order valence-electron chi connectivity index (χ2n) is 7.19. The van der Waals surface area contributed by atoms with Gasteiger partial charge in [-0.15, -0.1) is 10.2 Å². The van der Waals surface area contributed by atoms with E-state index in [0.717, 1.165) is 30.3 Å². The summed E-state index contributed by atoms with van der Waals surface area (Å²) in [5.74, 6) is 0.990. The van der Waals surface area contributed by atoms with Crippen LogP contribution in [-0.2, 0) is 16.6 Å². The lowest BCUT2D eigenvalue weighted by atomic mass is 10.2. The van der Waals surface area contributed by atoms with E-state index >= 15 is 0 Å². The first-order valence-corrected chi connectivity index (χ1v) is 10.9. The van der Waals surface area contributed by atoms with E-state index < -0.39 is 14.9 Å². The summed E-state index contributed by atoms with van der Waals surface area (Å²) in [6, 6.07) is 5.80. The van der Waals surface area contributed by atoms with Crippen molar-refractivity contribution in [3.63, 3.8) is 0 Å². The van der Waals surface area contributed by atoms with Crippen LogP contribution < -0.4 is 5.32 Å². The number of hydrogen-bond donors (Lipinski definition) is 1. The molecule has 12 heteroatoms. The Kier molecular flexibility index (Phi) is 5.12. The number of rotatable bonds is 6. The molecule has 30 heavy (non-hydrogen) atoms. The molecule has 0 radical (unpaired) electrons. The third-order valence-corrected chi connectivity index (χ3v) is 6.96. The normalized spacial score (nSPS) is 15.0. The summed E-state index contributed by atoms with van der Waals surface area (Å²) < 4.78 is 28.6. The zero-order valence-corrected chi connectivity index (χ0v) is 17.4. The highest BCUT2D eigenvalue weighted by atomic mass is 32.2. The first-order valence-electron chi connectivity index (χ1n) is 9.48. The molecule has 158 valence electrons. The van der Waals surface area contributed by atoms with Crippen LogP contribution in [0.3, 0.4) is 0 Å². The minimum absolute atomic E-state index is 0.0786. The minimum Gasteiger partial charge on any atom is -0.372 e. The molecule has 2 aromatic heterocycles. The van der Waals surface area contributed by atoms with E-state index in [1.807, 2.05) is 19.9 Å². The highest BCUT2D eigenvalue weighted by Crippen LogP contribution is 2.30. The lowest BCUT2D eigenvalue weighted by molar-refractivity contribution is -0.384. The molecular formula is C18H21N7O4S. The Morgan fingerprint density at radius 1 is 1.17 bits per heavy atom. The molecule has 1 aromatic carbocycles. The molecule has 0 bridgehead atoms. The van der Waals surface area contributed by atoms with Crippen LogP contribution in [0.2, 0.25) is 0 Å². The molecule has 0 atom stereocenters. The Bertz CT molecular complexity index is 1230. The van der Waals surface area contributed by atoms with Gasteiger partial charge in [-0.3, -0.25) is 14.5 Å². The number of aromatic nitrogens is 4. The second-order valence-corrected chi connectivity index (χ2v) is 9.13. The number of nitrogens with zero attached hydrogens (tertiary/aromatic N) is 6. The molecule has 4 rings (SSSR count). The van der Waals surface area contributed by atoms with E-state index in [9.17, 15) is 18.5 Å². The van der Waals surface area contributed by atoms with Gasteiger partial charge in [0.1, 0.15) is 5.69 Å². The number of aryl methyl sites for hydroxylation is 2. The van der Waals surface area contributed by atoms with Gasteiger partial charge >= 0.3 is 0 Å². The van der Waals surface area contributed by atoms with E-state index in [0.29, 0.717) is 24.7 Å².